The maximum Gasteiger partial charge on any atom is 0.300 e. The van der Waals surface area contributed by atoms with Gasteiger partial charge < -0.3 is 19.4 Å². The van der Waals surface area contributed by atoms with Crippen molar-refractivity contribution in [2.24, 2.45) is 0 Å². The van der Waals surface area contributed by atoms with Crippen LogP contribution in [0.15, 0.2) is 58.5 Å². The molecule has 2 N–H and O–H groups in total. The molecule has 7 nitrogen and oxygen atoms in total. The van der Waals surface area contributed by atoms with Crippen molar-refractivity contribution in [2.45, 2.75) is 19.9 Å². The lowest BCUT2D eigenvalue weighted by atomic mass is 9.99. The number of halogens is 1. The number of methoxy groups -OCH3 is 1. The van der Waals surface area contributed by atoms with Crippen LogP contribution in [0.3, 0.4) is 0 Å². The summed E-state index contributed by atoms with van der Waals surface area (Å²) in [6, 6.07) is 11.5. The molecule has 0 radical (unpaired) electrons. The number of aromatic hydroxyl groups is 1. The zero-order chi connectivity index (χ0) is 23.2. The Morgan fingerprint density at radius 3 is 2.50 bits per heavy atom. The topological polar surface area (TPSA) is 100 Å². The molecule has 32 heavy (non-hydrogen) atoms. The first-order valence-corrected chi connectivity index (χ1v) is 10.1. The molecule has 1 aliphatic rings. The summed E-state index contributed by atoms with van der Waals surface area (Å²) in [5.74, 6) is -1.27. The van der Waals surface area contributed by atoms with E-state index in [1.54, 1.807) is 38.1 Å². The van der Waals surface area contributed by atoms with E-state index in [4.69, 9.17) is 20.8 Å². The zero-order valence-corrected chi connectivity index (χ0v) is 18.3. The maximum absolute atomic E-state index is 13.1. The second-order valence-electron chi connectivity index (χ2n) is 7.46. The molecule has 4 rings (SSSR count). The Morgan fingerprint density at radius 2 is 1.84 bits per heavy atom. The number of rotatable bonds is 4. The summed E-state index contributed by atoms with van der Waals surface area (Å²) in [6.45, 7) is 3.52. The van der Waals surface area contributed by atoms with Crippen LogP contribution in [0.5, 0.6) is 11.5 Å². The molecule has 1 atom stereocenters. The molecule has 0 aliphatic carbocycles. The van der Waals surface area contributed by atoms with Gasteiger partial charge in [-0.2, -0.15) is 0 Å². The normalized spacial score (nSPS) is 17.8. The number of hydrogen-bond donors (Lipinski definition) is 2. The van der Waals surface area contributed by atoms with E-state index in [0.717, 1.165) is 10.5 Å². The molecule has 0 spiro atoms. The highest BCUT2D eigenvalue weighted by Gasteiger charge is 2.49. The molecular weight excluding hydrogens is 434 g/mol. The largest absolute Gasteiger partial charge is 0.507 e. The van der Waals surface area contributed by atoms with Gasteiger partial charge in [-0.15, -0.1) is 0 Å². The third-order valence-electron chi connectivity index (χ3n) is 5.29. The molecule has 1 fully saturated rings. The first-order chi connectivity index (χ1) is 15.2. The Bertz CT molecular complexity index is 1280. The van der Waals surface area contributed by atoms with Crippen LogP contribution in [0.1, 0.15) is 28.7 Å². The number of aliphatic hydroxyl groups excluding tert-OH is 1. The average molecular weight is 454 g/mol. The molecule has 0 saturated carbocycles. The number of furan rings is 1. The molecular formula is C24H20ClNO6. The summed E-state index contributed by atoms with van der Waals surface area (Å²) in [6.07, 6.45) is 0. The van der Waals surface area contributed by atoms with E-state index < -0.39 is 23.5 Å². The molecule has 1 aliphatic heterocycles. The molecule has 8 heteroatoms. The maximum atomic E-state index is 13.1. The number of phenols is 1. The first kappa shape index (κ1) is 21.5. The molecule has 1 amide bonds. The van der Waals surface area contributed by atoms with Gasteiger partial charge in [-0.1, -0.05) is 17.7 Å². The Balaban J connectivity index is 1.97. The van der Waals surface area contributed by atoms with Crippen LogP contribution in [-0.2, 0) is 9.59 Å². The van der Waals surface area contributed by atoms with Crippen molar-refractivity contribution >= 4 is 34.7 Å². The van der Waals surface area contributed by atoms with Gasteiger partial charge in [0.05, 0.1) is 23.4 Å². The Hall–Kier alpha value is -3.71. The van der Waals surface area contributed by atoms with Gasteiger partial charge in [-0.05, 0) is 61.9 Å². The number of benzene rings is 2. The van der Waals surface area contributed by atoms with E-state index >= 15 is 0 Å². The van der Waals surface area contributed by atoms with Gasteiger partial charge in [0.1, 0.15) is 34.8 Å². The number of amides is 1. The summed E-state index contributed by atoms with van der Waals surface area (Å²) in [4.78, 5) is 27.4. The Kier molecular flexibility index (Phi) is 5.44. The molecule has 2 heterocycles. The molecule has 2 aromatic carbocycles. The minimum atomic E-state index is -1.09. The molecule has 1 saturated heterocycles. The Labute approximate surface area is 189 Å². The van der Waals surface area contributed by atoms with E-state index in [1.165, 1.54) is 31.4 Å². The average Bonchev–Trinajstić information content (AvgIpc) is 3.31. The predicted octanol–water partition coefficient (Wildman–Crippen LogP) is 4.89. The van der Waals surface area contributed by atoms with Crippen molar-refractivity contribution in [3.05, 3.63) is 81.8 Å². The number of ether oxygens (including phenoxy) is 1. The number of nitrogens with zero attached hydrogens (tertiary/aromatic N) is 1. The standard InChI is InChI=1S/C24H20ClNO6/c1-12-4-8-17(27)16(10-12)26-21(18-9-5-13(2)32-18)20(23(29)24(26)30)22(28)14-6-7-15(25)19(11-14)31-3/h4-11,21,27-28H,1-3H3/b22-20-. The third kappa shape index (κ3) is 3.50. The highest BCUT2D eigenvalue weighted by molar-refractivity contribution is 6.51. The highest BCUT2D eigenvalue weighted by Crippen LogP contribution is 2.45. The monoisotopic (exact) mass is 453 g/mol. The van der Waals surface area contributed by atoms with Gasteiger partial charge in [0.2, 0.25) is 0 Å². The van der Waals surface area contributed by atoms with Crippen molar-refractivity contribution < 1.29 is 29.0 Å². The number of hydrogen-bond acceptors (Lipinski definition) is 6. The number of carbonyl (C=O) groups excluding carboxylic acids is 2. The summed E-state index contributed by atoms with van der Waals surface area (Å²) in [5.41, 5.74) is 0.982. The lowest BCUT2D eigenvalue weighted by Crippen LogP contribution is -2.29. The summed E-state index contributed by atoms with van der Waals surface area (Å²) >= 11 is 6.08. The number of carbonyl (C=O) groups is 2. The van der Waals surface area contributed by atoms with Gasteiger partial charge in [0, 0.05) is 5.56 Å². The van der Waals surface area contributed by atoms with Gasteiger partial charge in [0.15, 0.2) is 0 Å². The SMILES string of the molecule is COc1cc(/C(O)=C2/C(=O)C(=O)N(c3cc(C)ccc3O)C2c2ccc(C)o2)ccc1Cl. The van der Waals surface area contributed by atoms with E-state index in [0.29, 0.717) is 16.5 Å². The van der Waals surface area contributed by atoms with E-state index in [9.17, 15) is 19.8 Å². The van der Waals surface area contributed by atoms with Crippen molar-refractivity contribution in [1.29, 1.82) is 0 Å². The number of aliphatic hydroxyl groups is 1. The minimum Gasteiger partial charge on any atom is -0.507 e. The number of anilines is 1. The second-order valence-corrected chi connectivity index (χ2v) is 7.87. The van der Waals surface area contributed by atoms with Gasteiger partial charge in [-0.25, -0.2) is 0 Å². The fourth-order valence-electron chi connectivity index (χ4n) is 3.74. The van der Waals surface area contributed by atoms with Crippen LogP contribution in [-0.4, -0.2) is 29.0 Å². The fourth-order valence-corrected chi connectivity index (χ4v) is 3.93. The quantitative estimate of drug-likeness (QED) is 0.331. The summed E-state index contributed by atoms with van der Waals surface area (Å²) in [7, 11) is 1.43. The number of Topliss-reactive ketones (excluding diaryl/α,β-unsaturated/α-hetero) is 1. The van der Waals surface area contributed by atoms with Crippen molar-refractivity contribution in [3.8, 4) is 11.5 Å². The lowest BCUT2D eigenvalue weighted by Gasteiger charge is -2.24. The lowest BCUT2D eigenvalue weighted by molar-refractivity contribution is -0.132. The second kappa shape index (κ2) is 8.09. The van der Waals surface area contributed by atoms with Crippen LogP contribution in [0.4, 0.5) is 5.69 Å². The van der Waals surface area contributed by atoms with Crippen LogP contribution < -0.4 is 9.64 Å². The van der Waals surface area contributed by atoms with Crippen LogP contribution >= 0.6 is 11.6 Å². The summed E-state index contributed by atoms with van der Waals surface area (Å²) < 4.78 is 10.9. The van der Waals surface area contributed by atoms with Crippen LogP contribution in [0.25, 0.3) is 5.76 Å². The van der Waals surface area contributed by atoms with E-state index in [1.807, 2.05) is 0 Å². The number of aryl methyl sites for hydroxylation is 2. The predicted molar refractivity (Wildman–Crippen MR) is 119 cm³/mol. The van der Waals surface area contributed by atoms with Gasteiger partial charge in [0.25, 0.3) is 11.7 Å². The number of phenolic OH excluding ortho intramolecular Hbond substituents is 1. The first-order valence-electron chi connectivity index (χ1n) is 9.73. The van der Waals surface area contributed by atoms with E-state index in [2.05, 4.69) is 0 Å². The van der Waals surface area contributed by atoms with Crippen molar-refractivity contribution in [3.63, 3.8) is 0 Å². The molecule has 164 valence electrons. The van der Waals surface area contributed by atoms with Gasteiger partial charge >= 0.3 is 0 Å². The third-order valence-corrected chi connectivity index (χ3v) is 5.60. The fraction of sp³-hybridized carbons (Fsp3) is 0.167. The highest BCUT2D eigenvalue weighted by atomic mass is 35.5. The number of ketones is 1. The van der Waals surface area contributed by atoms with Crippen LogP contribution in [0, 0.1) is 13.8 Å². The van der Waals surface area contributed by atoms with E-state index in [-0.39, 0.29) is 28.3 Å². The molecule has 1 aromatic heterocycles. The molecule has 1 unspecified atom stereocenters. The molecule has 3 aromatic rings. The Morgan fingerprint density at radius 1 is 1.09 bits per heavy atom. The smallest absolute Gasteiger partial charge is 0.300 e. The van der Waals surface area contributed by atoms with Gasteiger partial charge in [-0.3, -0.25) is 14.5 Å². The van der Waals surface area contributed by atoms with Crippen molar-refractivity contribution in [1.82, 2.24) is 0 Å². The minimum absolute atomic E-state index is 0.138. The van der Waals surface area contributed by atoms with Crippen molar-refractivity contribution in [2.75, 3.05) is 12.0 Å². The summed E-state index contributed by atoms with van der Waals surface area (Å²) in [5, 5.41) is 21.9. The zero-order valence-electron chi connectivity index (χ0n) is 17.5. The van der Waals surface area contributed by atoms with Crippen LogP contribution in [0.2, 0.25) is 5.02 Å². The molecule has 0 bridgehead atoms.